The summed E-state index contributed by atoms with van der Waals surface area (Å²) in [5.41, 5.74) is 7.20. The Kier molecular flexibility index (Phi) is 16.1. The van der Waals surface area contributed by atoms with Gasteiger partial charge in [0.05, 0.1) is 39.6 Å². The number of ketones is 4. The van der Waals surface area contributed by atoms with E-state index in [0.717, 1.165) is 121 Å². The maximum Gasteiger partial charge on any atom is 0.226 e. The number of alkyl halides is 2. The number of halogens is 2. The maximum atomic E-state index is 14.6. The SMILES string of the molecule is BrCCOCCBr.[C-]#[N+]C1=C[C@]2(C)C3=CC(=O)[C@@H]4[C@@H]5C[C@@](C)(N)CC[C@]5(C)CC[C@@]4(C)[C@]3(C)CC[C@H]2C(C)(C)C1=O.[C-]#[N+]C1=C[C@]2(C)C3=CC(=O)[C@@H]4[C@@H]5C[C@@](C)(N6CCOCC6)CC[C@]5(C)CC[C@@]4(C)[C@]3(C)CC[C@H]2C(C)(C)C1=O. The Labute approximate surface area is 498 Å². The molecular formula is C68H98Br2N4O6. The van der Waals surface area contributed by atoms with Crippen LogP contribution in [0.5, 0.6) is 0 Å². The highest BCUT2D eigenvalue weighted by molar-refractivity contribution is 9.09. The molecule has 80 heavy (non-hydrogen) atoms. The molecule has 6 saturated carbocycles. The van der Waals surface area contributed by atoms with Crippen molar-refractivity contribution in [2.45, 2.75) is 198 Å². The zero-order valence-corrected chi connectivity index (χ0v) is 54.6. The average molecular weight is 1230 g/mol. The van der Waals surface area contributed by atoms with E-state index < -0.39 is 21.7 Å². The molecule has 11 aliphatic rings. The Morgan fingerprint density at radius 2 is 0.988 bits per heavy atom. The molecule has 0 unspecified atom stereocenters. The van der Waals surface area contributed by atoms with Crippen LogP contribution in [-0.4, -0.2) is 89.3 Å². The van der Waals surface area contributed by atoms with Crippen molar-refractivity contribution < 1.29 is 28.7 Å². The molecular weight excluding hydrogens is 1130 g/mol. The van der Waals surface area contributed by atoms with Gasteiger partial charge in [-0.15, -0.1) is 0 Å². The average Bonchev–Trinajstić information content (AvgIpc) is 3.43. The second-order valence-electron chi connectivity index (χ2n) is 31.2. The van der Waals surface area contributed by atoms with Crippen LogP contribution in [0.25, 0.3) is 9.69 Å². The summed E-state index contributed by atoms with van der Waals surface area (Å²) in [6.45, 7) is 52.3. The number of Topliss-reactive ketones (excluding diaryl/α,β-unsaturated/α-hetero) is 2. The van der Waals surface area contributed by atoms with Crippen LogP contribution >= 0.6 is 31.9 Å². The number of allylic oxidation sites excluding steroid dienone is 8. The van der Waals surface area contributed by atoms with Crippen LogP contribution in [0.1, 0.15) is 187 Å². The van der Waals surface area contributed by atoms with Crippen LogP contribution in [0.4, 0.5) is 0 Å². The summed E-state index contributed by atoms with van der Waals surface area (Å²) in [7, 11) is 0. The molecule has 0 bridgehead atoms. The van der Waals surface area contributed by atoms with Crippen molar-refractivity contribution in [1.29, 1.82) is 0 Å². The Hall–Kier alpha value is -2.58. The molecule has 16 atom stereocenters. The van der Waals surface area contributed by atoms with Gasteiger partial charge < -0.3 is 24.8 Å². The molecule has 1 heterocycles. The lowest BCUT2D eigenvalue weighted by Gasteiger charge is -2.69. The number of ether oxygens (including phenoxy) is 2. The van der Waals surface area contributed by atoms with Crippen LogP contribution in [0.15, 0.2) is 46.8 Å². The topological polar surface area (TPSA) is 125 Å². The van der Waals surface area contributed by atoms with E-state index in [1.54, 1.807) is 0 Å². The second kappa shape index (κ2) is 20.8. The van der Waals surface area contributed by atoms with E-state index in [4.69, 9.17) is 28.4 Å². The van der Waals surface area contributed by atoms with Crippen molar-refractivity contribution in [3.63, 3.8) is 0 Å². The number of carbonyl (C=O) groups is 4. The quantitative estimate of drug-likeness (QED) is 0.164. The van der Waals surface area contributed by atoms with E-state index in [1.807, 2.05) is 52.0 Å². The lowest BCUT2D eigenvalue weighted by atomic mass is 9.34. The van der Waals surface area contributed by atoms with E-state index in [9.17, 15) is 19.2 Å². The fraction of sp³-hybridized carbons (Fsp3) is 0.794. The fourth-order valence-electron chi connectivity index (χ4n) is 21.0. The number of rotatable bonds is 5. The number of carbonyl (C=O) groups excluding carboxylic acids is 4. The summed E-state index contributed by atoms with van der Waals surface area (Å²) in [5.74, 6) is 1.38. The molecule has 11 rings (SSSR count). The van der Waals surface area contributed by atoms with Gasteiger partial charge in [0.2, 0.25) is 11.4 Å². The molecule has 1 aliphatic heterocycles. The highest BCUT2D eigenvalue weighted by atomic mass is 79.9. The standard InChI is InChI=1S/C34H48N2O3.C30H42N2O2.C4H8Br2O/c1-29(2)25-9-10-33(6)26(32(25,5)21-23(35-8)28(29)38)19-24(37)27-22-20-31(4,36-15-17-39-18-16-36)13-11-30(22,3)12-14-34(27,33)7;1-25(2)21-9-10-29(6)22(28(21,5)17-19(32-8)24(25)34)15-20(33)23-18-16-27(4,31)13-11-26(18,3)12-14-30(23,29)7;5-1-3-7-4-2-6/h19,21-22,25,27H,9-18,20H2,1-7H3;15,17-18,21,23H,9-14,16,31H2,1-7H3;1-4H2/t22-,25-,27-,30+,31-,32-,33+,34+;18-,21-,23-,26+,27-,28-,29+,30+;/m00./s1. The number of nitrogens with zero attached hydrogens (tertiary/aromatic N) is 3. The van der Waals surface area contributed by atoms with E-state index in [1.165, 1.54) is 30.4 Å². The van der Waals surface area contributed by atoms with E-state index in [2.05, 4.69) is 116 Å². The Bertz CT molecular complexity index is 2770. The highest BCUT2D eigenvalue weighted by Crippen LogP contribution is 2.76. The smallest absolute Gasteiger partial charge is 0.226 e. The summed E-state index contributed by atoms with van der Waals surface area (Å²) in [4.78, 5) is 65.1. The maximum absolute atomic E-state index is 14.6. The van der Waals surface area contributed by atoms with Gasteiger partial charge in [-0.25, -0.2) is 9.69 Å². The third-order valence-corrected chi connectivity index (χ3v) is 27.0. The third-order valence-electron chi connectivity index (χ3n) is 26.3. The molecule has 12 heteroatoms. The second-order valence-corrected chi connectivity index (χ2v) is 32.8. The minimum atomic E-state index is -0.610. The number of nitrogens with two attached hydrogens (primary N) is 1. The van der Waals surface area contributed by atoms with Gasteiger partial charge in [0.25, 0.3) is 0 Å². The summed E-state index contributed by atoms with van der Waals surface area (Å²) in [5, 5.41) is 1.86. The first kappa shape index (κ1) is 62.0. The minimum Gasteiger partial charge on any atom is -0.380 e. The van der Waals surface area contributed by atoms with Crippen molar-refractivity contribution in [1.82, 2.24) is 4.90 Å². The number of hydrogen-bond donors (Lipinski definition) is 1. The van der Waals surface area contributed by atoms with Crippen molar-refractivity contribution in [3.05, 3.63) is 69.7 Å². The van der Waals surface area contributed by atoms with Crippen LogP contribution in [-0.2, 0) is 28.7 Å². The molecule has 440 valence electrons. The van der Waals surface area contributed by atoms with Crippen LogP contribution in [0, 0.1) is 103 Å². The molecule has 0 aromatic heterocycles. The Morgan fingerprint density at radius 3 is 1.40 bits per heavy atom. The summed E-state index contributed by atoms with van der Waals surface area (Å²) in [6.07, 6.45) is 22.7. The van der Waals surface area contributed by atoms with Gasteiger partial charge in [0, 0.05) is 68.3 Å². The van der Waals surface area contributed by atoms with Gasteiger partial charge in [0.15, 0.2) is 23.1 Å². The van der Waals surface area contributed by atoms with E-state index >= 15 is 0 Å². The van der Waals surface area contributed by atoms with Crippen molar-refractivity contribution in [2.24, 2.45) is 95.4 Å². The normalized spacial score (nSPS) is 46.9. The third kappa shape index (κ3) is 9.17. The molecule has 0 aromatic carbocycles. The van der Waals surface area contributed by atoms with Crippen LogP contribution in [0.2, 0.25) is 0 Å². The van der Waals surface area contributed by atoms with Gasteiger partial charge in [-0.2, -0.15) is 0 Å². The molecule has 0 radical (unpaired) electrons. The van der Waals surface area contributed by atoms with Crippen LogP contribution < -0.4 is 5.73 Å². The van der Waals surface area contributed by atoms with Gasteiger partial charge in [0.1, 0.15) is 0 Å². The summed E-state index contributed by atoms with van der Waals surface area (Å²) in [6, 6.07) is 0. The monoisotopic (exact) mass is 1220 g/mol. The van der Waals surface area contributed by atoms with Crippen molar-refractivity contribution in [2.75, 3.05) is 50.2 Å². The van der Waals surface area contributed by atoms with Gasteiger partial charge in [-0.05, 0) is 172 Å². The Balaban J connectivity index is 0.000000174. The molecule has 7 fully saturated rings. The molecule has 0 amide bonds. The molecule has 10 aliphatic carbocycles. The first-order valence-electron chi connectivity index (χ1n) is 30.8. The van der Waals surface area contributed by atoms with Crippen molar-refractivity contribution in [3.8, 4) is 0 Å². The lowest BCUT2D eigenvalue weighted by molar-refractivity contribution is -0.173. The van der Waals surface area contributed by atoms with Gasteiger partial charge in [-0.1, -0.05) is 138 Å². The lowest BCUT2D eigenvalue weighted by Crippen LogP contribution is -2.66. The molecule has 0 aromatic rings. The molecule has 0 spiro atoms. The zero-order chi connectivity index (χ0) is 58.9. The zero-order valence-electron chi connectivity index (χ0n) is 51.5. The summed E-state index contributed by atoms with van der Waals surface area (Å²) >= 11 is 6.48. The van der Waals surface area contributed by atoms with Crippen molar-refractivity contribution >= 4 is 55.0 Å². The molecule has 1 saturated heterocycles. The molecule has 2 N–H and O–H groups in total. The largest absolute Gasteiger partial charge is 0.380 e. The van der Waals surface area contributed by atoms with Crippen LogP contribution in [0.3, 0.4) is 0 Å². The summed E-state index contributed by atoms with van der Waals surface area (Å²) < 4.78 is 10.7. The predicted octanol–water partition coefficient (Wildman–Crippen LogP) is 14.7. The van der Waals surface area contributed by atoms with Gasteiger partial charge in [-0.3, -0.25) is 14.5 Å². The number of fused-ring (bicyclic) bond motifs is 14. The van der Waals surface area contributed by atoms with E-state index in [0.29, 0.717) is 17.6 Å². The minimum absolute atomic E-state index is 0.00845. The number of morpholine rings is 1. The fourth-order valence-corrected chi connectivity index (χ4v) is 21.4. The highest BCUT2D eigenvalue weighted by Gasteiger charge is 2.71. The Morgan fingerprint density at radius 1 is 0.588 bits per heavy atom. The van der Waals surface area contributed by atoms with Gasteiger partial charge >= 0.3 is 0 Å². The number of hydrogen-bond acceptors (Lipinski definition) is 8. The molecule has 10 nitrogen and oxygen atoms in total. The first-order valence-corrected chi connectivity index (χ1v) is 33.0. The van der Waals surface area contributed by atoms with E-state index in [-0.39, 0.29) is 96.0 Å². The first-order chi connectivity index (χ1) is 37.1. The predicted molar refractivity (Wildman–Crippen MR) is 325 cm³/mol.